The van der Waals surface area contributed by atoms with Gasteiger partial charge in [0.15, 0.2) is 0 Å². The van der Waals surface area contributed by atoms with Crippen LogP contribution in [0.25, 0.3) is 10.9 Å². The molecule has 20 heavy (non-hydrogen) atoms. The minimum Gasteiger partial charge on any atom is -0.478 e. The maximum absolute atomic E-state index is 12.2. The lowest BCUT2D eigenvalue weighted by Crippen LogP contribution is -2.27. The molecule has 1 heterocycles. The van der Waals surface area contributed by atoms with Gasteiger partial charge in [0.25, 0.3) is 0 Å². The van der Waals surface area contributed by atoms with Crippen LogP contribution in [0.4, 0.5) is 4.79 Å². The molecule has 0 amide bonds. The molecule has 0 spiro atoms. The van der Waals surface area contributed by atoms with Crippen LogP contribution in [-0.4, -0.2) is 27.3 Å². The normalized spacial score (nSPS) is 11.6. The Morgan fingerprint density at radius 3 is 2.40 bits per heavy atom. The van der Waals surface area contributed by atoms with Crippen molar-refractivity contribution < 1.29 is 19.4 Å². The molecule has 1 N–H and O–H groups in total. The second-order valence-corrected chi connectivity index (χ2v) is 5.66. The van der Waals surface area contributed by atoms with Gasteiger partial charge in [-0.15, -0.1) is 0 Å². The summed E-state index contributed by atoms with van der Waals surface area (Å²) < 4.78 is 6.33. The third-order valence-electron chi connectivity index (χ3n) is 2.61. The lowest BCUT2D eigenvalue weighted by molar-refractivity contribution is 0.0545. The molecule has 0 aliphatic heterocycles. The zero-order valence-electron chi connectivity index (χ0n) is 11.3. The van der Waals surface area contributed by atoms with Crippen molar-refractivity contribution in [3.8, 4) is 0 Å². The Balaban J connectivity index is 2.68. The number of halogens is 1. The van der Waals surface area contributed by atoms with Crippen LogP contribution in [0, 0.1) is 0 Å². The molecule has 2 aromatic rings. The molecular weight excluding hydrogens is 282 g/mol. The summed E-state index contributed by atoms with van der Waals surface area (Å²) in [5, 5.41) is 9.48. The highest BCUT2D eigenvalue weighted by Crippen LogP contribution is 2.30. The van der Waals surface area contributed by atoms with E-state index in [1.54, 1.807) is 45.0 Å². The highest BCUT2D eigenvalue weighted by molar-refractivity contribution is 6.36. The zero-order chi connectivity index (χ0) is 15.1. The lowest BCUT2D eigenvalue weighted by atomic mass is 10.2. The van der Waals surface area contributed by atoms with Gasteiger partial charge in [0.1, 0.15) is 16.3 Å². The van der Waals surface area contributed by atoms with Crippen molar-refractivity contribution in [1.82, 2.24) is 4.57 Å². The van der Waals surface area contributed by atoms with Crippen molar-refractivity contribution in [1.29, 1.82) is 0 Å². The van der Waals surface area contributed by atoms with E-state index in [9.17, 15) is 14.7 Å². The number of benzene rings is 1. The van der Waals surface area contributed by atoms with E-state index in [1.165, 1.54) is 0 Å². The first-order valence-electron chi connectivity index (χ1n) is 5.98. The van der Waals surface area contributed by atoms with Gasteiger partial charge < -0.3 is 9.84 Å². The van der Waals surface area contributed by atoms with Gasteiger partial charge in [0.05, 0.1) is 5.52 Å². The van der Waals surface area contributed by atoms with Gasteiger partial charge in [-0.25, -0.2) is 14.2 Å². The van der Waals surface area contributed by atoms with Crippen LogP contribution < -0.4 is 0 Å². The molecule has 106 valence electrons. The summed E-state index contributed by atoms with van der Waals surface area (Å²) in [6.45, 7) is 5.17. The van der Waals surface area contributed by atoms with E-state index >= 15 is 0 Å². The molecule has 5 nitrogen and oxygen atoms in total. The predicted octanol–water partition coefficient (Wildman–Crippen LogP) is 3.78. The van der Waals surface area contributed by atoms with E-state index in [-0.39, 0.29) is 10.7 Å². The highest BCUT2D eigenvalue weighted by Gasteiger charge is 2.27. The molecule has 1 aromatic carbocycles. The van der Waals surface area contributed by atoms with Gasteiger partial charge in [-0.2, -0.15) is 0 Å². The molecule has 6 heteroatoms. The summed E-state index contributed by atoms with van der Waals surface area (Å²) in [6, 6.07) is 6.61. The van der Waals surface area contributed by atoms with Gasteiger partial charge >= 0.3 is 12.1 Å². The number of hydrogen-bond acceptors (Lipinski definition) is 3. The number of carboxylic acids is 1. The Morgan fingerprint density at radius 1 is 1.25 bits per heavy atom. The van der Waals surface area contributed by atoms with Crippen LogP contribution in [0.1, 0.15) is 31.1 Å². The molecule has 0 radical (unpaired) electrons. The van der Waals surface area contributed by atoms with Crippen LogP contribution in [0.5, 0.6) is 0 Å². The zero-order valence-corrected chi connectivity index (χ0v) is 12.1. The standard InChI is InChI=1S/C14H14ClNO4/c1-14(2,3)20-13(19)16-9-7-5-4-6-8(9)10(11(16)15)12(17)18/h4-7H,1-3H3,(H,17,18). The summed E-state index contributed by atoms with van der Waals surface area (Å²) in [5.41, 5.74) is -0.396. The van der Waals surface area contributed by atoms with E-state index in [2.05, 4.69) is 0 Å². The Bertz CT molecular complexity index is 697. The number of nitrogens with zero attached hydrogens (tertiary/aromatic N) is 1. The summed E-state index contributed by atoms with van der Waals surface area (Å²) in [6.07, 6.45) is -0.703. The van der Waals surface area contributed by atoms with E-state index in [0.717, 1.165) is 4.57 Å². The van der Waals surface area contributed by atoms with Crippen LogP contribution in [0.3, 0.4) is 0 Å². The molecule has 2 rings (SSSR count). The minimum atomic E-state index is -1.19. The van der Waals surface area contributed by atoms with E-state index in [0.29, 0.717) is 10.9 Å². The van der Waals surface area contributed by atoms with Gasteiger partial charge in [-0.1, -0.05) is 29.8 Å². The van der Waals surface area contributed by atoms with Gasteiger partial charge in [-0.3, -0.25) is 0 Å². The highest BCUT2D eigenvalue weighted by atomic mass is 35.5. The fraction of sp³-hybridized carbons (Fsp3) is 0.286. The van der Waals surface area contributed by atoms with Crippen LogP contribution in [-0.2, 0) is 4.74 Å². The number of aromatic nitrogens is 1. The van der Waals surface area contributed by atoms with Crippen LogP contribution in [0.15, 0.2) is 24.3 Å². The van der Waals surface area contributed by atoms with E-state index in [1.807, 2.05) is 0 Å². The number of para-hydroxylation sites is 1. The first-order valence-corrected chi connectivity index (χ1v) is 6.36. The average molecular weight is 296 g/mol. The second kappa shape index (κ2) is 4.83. The Hall–Kier alpha value is -2.01. The lowest BCUT2D eigenvalue weighted by Gasteiger charge is -2.20. The smallest absolute Gasteiger partial charge is 0.420 e. The van der Waals surface area contributed by atoms with Gasteiger partial charge in [0, 0.05) is 5.39 Å². The third kappa shape index (κ3) is 2.49. The van der Waals surface area contributed by atoms with Crippen molar-refractivity contribution in [2.24, 2.45) is 0 Å². The quantitative estimate of drug-likeness (QED) is 0.869. The Kier molecular flexibility index (Phi) is 3.48. The van der Waals surface area contributed by atoms with Crippen LogP contribution in [0.2, 0.25) is 5.15 Å². The Morgan fingerprint density at radius 2 is 1.85 bits per heavy atom. The number of hydrogen-bond donors (Lipinski definition) is 1. The van der Waals surface area contributed by atoms with E-state index in [4.69, 9.17) is 16.3 Å². The largest absolute Gasteiger partial charge is 0.478 e. The van der Waals surface area contributed by atoms with Gasteiger partial charge in [0.2, 0.25) is 0 Å². The van der Waals surface area contributed by atoms with Crippen LogP contribution >= 0.6 is 11.6 Å². The fourth-order valence-electron chi connectivity index (χ4n) is 1.90. The minimum absolute atomic E-state index is 0.104. The molecule has 0 bridgehead atoms. The third-order valence-corrected chi connectivity index (χ3v) is 2.96. The van der Waals surface area contributed by atoms with Gasteiger partial charge in [-0.05, 0) is 26.8 Å². The summed E-state index contributed by atoms with van der Waals surface area (Å²) in [7, 11) is 0. The number of carboxylic acid groups (broad SMARTS) is 1. The van der Waals surface area contributed by atoms with E-state index < -0.39 is 17.7 Å². The maximum atomic E-state index is 12.2. The molecule has 0 unspecified atom stereocenters. The first-order chi connectivity index (χ1) is 9.22. The molecule has 0 aliphatic rings. The van der Waals surface area contributed by atoms with Crippen molar-refractivity contribution in [3.63, 3.8) is 0 Å². The number of carbonyl (C=O) groups is 2. The first kappa shape index (κ1) is 14.4. The molecular formula is C14H14ClNO4. The number of aromatic carboxylic acids is 1. The number of rotatable bonds is 1. The SMILES string of the molecule is CC(C)(C)OC(=O)n1c(Cl)c(C(=O)O)c2ccccc21. The number of ether oxygens (including phenoxy) is 1. The monoisotopic (exact) mass is 295 g/mol. The average Bonchev–Trinajstić information content (AvgIpc) is 2.58. The molecule has 0 saturated heterocycles. The molecule has 1 aromatic heterocycles. The molecule has 0 atom stereocenters. The second-order valence-electron chi connectivity index (χ2n) is 5.30. The summed E-state index contributed by atoms with van der Waals surface area (Å²) in [4.78, 5) is 23.5. The van der Waals surface area contributed by atoms with Crippen molar-refractivity contribution in [3.05, 3.63) is 35.0 Å². The molecule has 0 aliphatic carbocycles. The maximum Gasteiger partial charge on any atom is 0.420 e. The molecule has 0 saturated carbocycles. The molecule has 0 fully saturated rings. The van der Waals surface area contributed by atoms with Crippen molar-refractivity contribution >= 4 is 34.6 Å². The van der Waals surface area contributed by atoms with Crippen molar-refractivity contribution in [2.45, 2.75) is 26.4 Å². The predicted molar refractivity (Wildman–Crippen MR) is 75.5 cm³/mol. The number of carbonyl (C=O) groups excluding carboxylic acids is 1. The van der Waals surface area contributed by atoms with Crippen molar-refractivity contribution in [2.75, 3.05) is 0 Å². The fourth-order valence-corrected chi connectivity index (χ4v) is 2.24. The topological polar surface area (TPSA) is 68.5 Å². The summed E-state index contributed by atoms with van der Waals surface area (Å²) in [5.74, 6) is -1.19. The Labute approximate surface area is 120 Å². The number of fused-ring (bicyclic) bond motifs is 1. The summed E-state index contributed by atoms with van der Waals surface area (Å²) >= 11 is 6.05.